The number of hydrogen-bond donors (Lipinski definition) is 3. The van der Waals surface area contributed by atoms with Crippen molar-refractivity contribution in [2.24, 2.45) is 5.92 Å². The maximum Gasteiger partial charge on any atom is 0.408 e. The smallest absolute Gasteiger partial charge is 0.408 e. The van der Waals surface area contributed by atoms with Gasteiger partial charge in [0, 0.05) is 32.0 Å². The molecule has 2 amide bonds. The number of nitrogens with one attached hydrogen (secondary N) is 2. The highest BCUT2D eigenvalue weighted by atomic mass is 16.5. The highest BCUT2D eigenvalue weighted by Gasteiger charge is 2.34. The van der Waals surface area contributed by atoms with Crippen LogP contribution in [0.25, 0.3) is 0 Å². The Bertz CT molecular complexity index is 863. The number of amides is 2. The van der Waals surface area contributed by atoms with Gasteiger partial charge in [-0.2, -0.15) is 0 Å². The van der Waals surface area contributed by atoms with E-state index in [2.05, 4.69) is 20.5 Å². The van der Waals surface area contributed by atoms with Crippen molar-refractivity contribution >= 4 is 12.0 Å². The molecule has 1 aliphatic heterocycles. The Balaban J connectivity index is 1.52. The van der Waals surface area contributed by atoms with Gasteiger partial charge >= 0.3 is 6.09 Å². The van der Waals surface area contributed by atoms with E-state index >= 15 is 0 Å². The number of likely N-dealkylation sites (tertiary alicyclic amines) is 1. The second-order valence-corrected chi connectivity index (χ2v) is 8.62. The van der Waals surface area contributed by atoms with E-state index in [0.717, 1.165) is 11.1 Å². The largest absolute Gasteiger partial charge is 0.445 e. The Kier molecular flexibility index (Phi) is 8.58. The SMILES string of the molecule is CC(C)C[C@H](NC(=O)OCc1ccncc1)C(=O)NC1CN(Cc2ccccc2)CC1O. The van der Waals surface area contributed by atoms with Crippen molar-refractivity contribution in [1.82, 2.24) is 20.5 Å². The summed E-state index contributed by atoms with van der Waals surface area (Å²) in [4.78, 5) is 31.3. The topological polar surface area (TPSA) is 104 Å². The van der Waals surface area contributed by atoms with Crippen LogP contribution in [0.15, 0.2) is 54.9 Å². The van der Waals surface area contributed by atoms with E-state index in [-0.39, 0.29) is 18.4 Å². The van der Waals surface area contributed by atoms with E-state index in [0.29, 0.717) is 26.1 Å². The number of β-amino-alcohol motifs (C(OH)–C–C–N with tert-alkyl or cyclic N) is 1. The van der Waals surface area contributed by atoms with Crippen molar-refractivity contribution in [2.75, 3.05) is 13.1 Å². The molecule has 172 valence electrons. The molecule has 0 spiro atoms. The minimum atomic E-state index is -0.740. The number of carbonyl (C=O) groups is 2. The van der Waals surface area contributed by atoms with Crippen molar-refractivity contribution < 1.29 is 19.4 Å². The second-order valence-electron chi connectivity index (χ2n) is 8.62. The number of alkyl carbamates (subject to hydrolysis) is 1. The van der Waals surface area contributed by atoms with Crippen molar-refractivity contribution in [2.45, 2.75) is 51.6 Å². The first-order chi connectivity index (χ1) is 15.4. The third-order valence-electron chi connectivity index (χ3n) is 5.38. The van der Waals surface area contributed by atoms with Crippen LogP contribution in [0, 0.1) is 5.92 Å². The van der Waals surface area contributed by atoms with Crippen LogP contribution in [-0.4, -0.2) is 58.3 Å². The lowest BCUT2D eigenvalue weighted by Crippen LogP contribution is -2.53. The molecule has 2 aromatic rings. The number of hydrogen-bond acceptors (Lipinski definition) is 6. The summed E-state index contributed by atoms with van der Waals surface area (Å²) in [7, 11) is 0. The lowest BCUT2D eigenvalue weighted by Gasteiger charge is -2.23. The van der Waals surface area contributed by atoms with E-state index in [4.69, 9.17) is 4.74 Å². The zero-order valence-corrected chi connectivity index (χ0v) is 18.6. The van der Waals surface area contributed by atoms with Crippen molar-refractivity contribution in [3.63, 3.8) is 0 Å². The zero-order chi connectivity index (χ0) is 22.9. The fourth-order valence-corrected chi connectivity index (χ4v) is 3.78. The average molecular weight is 441 g/mol. The summed E-state index contributed by atoms with van der Waals surface area (Å²) in [6.07, 6.45) is 2.40. The van der Waals surface area contributed by atoms with Gasteiger partial charge in [0.1, 0.15) is 12.6 Å². The van der Waals surface area contributed by atoms with Gasteiger partial charge < -0.3 is 20.5 Å². The molecule has 2 heterocycles. The molecule has 32 heavy (non-hydrogen) atoms. The van der Waals surface area contributed by atoms with Crippen LogP contribution in [0.5, 0.6) is 0 Å². The van der Waals surface area contributed by atoms with Gasteiger partial charge in [0.2, 0.25) is 5.91 Å². The van der Waals surface area contributed by atoms with Crippen LogP contribution >= 0.6 is 0 Å². The molecule has 1 aromatic carbocycles. The first-order valence-corrected chi connectivity index (χ1v) is 11.0. The summed E-state index contributed by atoms with van der Waals surface area (Å²) in [6, 6.07) is 12.4. The maximum atomic E-state index is 12.9. The highest BCUT2D eigenvalue weighted by molar-refractivity contribution is 5.85. The van der Waals surface area contributed by atoms with Gasteiger partial charge in [-0.25, -0.2) is 4.79 Å². The number of aliphatic hydroxyl groups is 1. The summed E-state index contributed by atoms with van der Waals surface area (Å²) in [6.45, 7) is 5.80. The number of nitrogens with zero attached hydrogens (tertiary/aromatic N) is 2. The molecule has 3 rings (SSSR count). The molecule has 0 aliphatic carbocycles. The first kappa shape index (κ1) is 23.7. The molecule has 3 atom stereocenters. The minimum absolute atomic E-state index is 0.0974. The maximum absolute atomic E-state index is 12.9. The molecule has 1 fully saturated rings. The van der Waals surface area contributed by atoms with Crippen molar-refractivity contribution in [3.05, 3.63) is 66.0 Å². The number of aromatic nitrogens is 1. The lowest BCUT2D eigenvalue weighted by molar-refractivity contribution is -0.124. The normalized spacial score (nSPS) is 19.5. The van der Waals surface area contributed by atoms with Crippen LogP contribution in [-0.2, 0) is 22.7 Å². The first-order valence-electron chi connectivity index (χ1n) is 11.0. The summed E-state index contributed by atoms with van der Waals surface area (Å²) >= 11 is 0. The van der Waals surface area contributed by atoms with Gasteiger partial charge in [0.05, 0.1) is 12.1 Å². The molecule has 1 aliphatic rings. The molecular weight excluding hydrogens is 408 g/mol. The molecule has 8 nitrogen and oxygen atoms in total. The standard InChI is InChI=1S/C24H32N4O4/c1-17(2)12-20(27-24(31)32-16-19-8-10-25-11-9-19)23(30)26-21-14-28(15-22(21)29)13-18-6-4-3-5-7-18/h3-11,17,20-22,29H,12-16H2,1-2H3,(H,26,30)(H,27,31)/t20-,21?,22?/m0/s1. The molecule has 1 saturated heterocycles. The van der Waals surface area contributed by atoms with Gasteiger partial charge in [-0.3, -0.25) is 14.7 Å². The number of aliphatic hydroxyl groups excluding tert-OH is 1. The number of ether oxygens (including phenoxy) is 1. The van der Waals surface area contributed by atoms with Crippen LogP contribution < -0.4 is 10.6 Å². The minimum Gasteiger partial charge on any atom is -0.445 e. The van der Waals surface area contributed by atoms with Gasteiger partial charge in [0.15, 0.2) is 0 Å². The number of benzene rings is 1. The Hall–Kier alpha value is -2.97. The van der Waals surface area contributed by atoms with Gasteiger partial charge in [-0.15, -0.1) is 0 Å². The fraction of sp³-hybridized carbons (Fsp3) is 0.458. The predicted molar refractivity (Wildman–Crippen MR) is 120 cm³/mol. The fourth-order valence-electron chi connectivity index (χ4n) is 3.78. The molecular formula is C24H32N4O4. The molecule has 0 bridgehead atoms. The molecule has 1 aromatic heterocycles. The van der Waals surface area contributed by atoms with E-state index in [1.807, 2.05) is 44.2 Å². The second kappa shape index (κ2) is 11.6. The van der Waals surface area contributed by atoms with Gasteiger partial charge in [-0.1, -0.05) is 44.2 Å². The summed E-state index contributed by atoms with van der Waals surface area (Å²) in [5.74, 6) is -0.125. The van der Waals surface area contributed by atoms with Gasteiger partial charge in [-0.05, 0) is 35.6 Å². The number of pyridine rings is 1. The monoisotopic (exact) mass is 440 g/mol. The number of rotatable bonds is 9. The van der Waals surface area contributed by atoms with Crippen LogP contribution in [0.2, 0.25) is 0 Å². The van der Waals surface area contributed by atoms with E-state index < -0.39 is 24.3 Å². The summed E-state index contributed by atoms with van der Waals surface area (Å²) in [5, 5.41) is 16.1. The quantitative estimate of drug-likeness (QED) is 0.552. The molecule has 3 N–H and O–H groups in total. The van der Waals surface area contributed by atoms with E-state index in [1.165, 1.54) is 0 Å². The van der Waals surface area contributed by atoms with E-state index in [9.17, 15) is 14.7 Å². The predicted octanol–water partition coefficient (Wildman–Crippen LogP) is 2.08. The molecule has 0 saturated carbocycles. The molecule has 8 heteroatoms. The summed E-state index contributed by atoms with van der Waals surface area (Å²) < 4.78 is 5.25. The third kappa shape index (κ3) is 7.32. The van der Waals surface area contributed by atoms with Crippen LogP contribution in [0.3, 0.4) is 0 Å². The average Bonchev–Trinajstić information content (AvgIpc) is 3.11. The Morgan fingerprint density at radius 2 is 1.84 bits per heavy atom. The Morgan fingerprint density at radius 1 is 1.12 bits per heavy atom. The lowest BCUT2D eigenvalue weighted by atomic mass is 10.0. The molecule has 0 radical (unpaired) electrons. The van der Waals surface area contributed by atoms with Crippen molar-refractivity contribution in [3.8, 4) is 0 Å². The van der Waals surface area contributed by atoms with Crippen molar-refractivity contribution in [1.29, 1.82) is 0 Å². The highest BCUT2D eigenvalue weighted by Crippen LogP contribution is 2.15. The van der Waals surface area contributed by atoms with Crippen LogP contribution in [0.1, 0.15) is 31.4 Å². The zero-order valence-electron chi connectivity index (χ0n) is 18.6. The Morgan fingerprint density at radius 3 is 2.53 bits per heavy atom. The number of carbonyl (C=O) groups excluding carboxylic acids is 2. The van der Waals surface area contributed by atoms with Gasteiger partial charge in [0.25, 0.3) is 0 Å². The van der Waals surface area contributed by atoms with E-state index in [1.54, 1.807) is 24.5 Å². The molecule has 2 unspecified atom stereocenters. The third-order valence-corrected chi connectivity index (χ3v) is 5.38. The summed E-state index contributed by atoms with van der Waals surface area (Å²) in [5.41, 5.74) is 1.97. The Labute approximate surface area is 189 Å². The van der Waals surface area contributed by atoms with Crippen LogP contribution in [0.4, 0.5) is 4.79 Å².